The van der Waals surface area contributed by atoms with Crippen molar-refractivity contribution in [3.63, 3.8) is 0 Å². The maximum atomic E-state index is 11.8. The molecule has 0 bridgehead atoms. The average Bonchev–Trinajstić information content (AvgIpc) is 2.13. The third-order valence-electron chi connectivity index (χ3n) is 2.40. The Morgan fingerprint density at radius 1 is 1.28 bits per heavy atom. The number of anilines is 1. The number of benzene rings is 1. The molecule has 0 heterocycles. The van der Waals surface area contributed by atoms with Gasteiger partial charge in [0.15, 0.2) is 0 Å². The third kappa shape index (κ3) is 5.82. The quantitative estimate of drug-likeness (QED) is 0.888. The monoisotopic (exact) mass is 248 g/mol. The molecule has 1 rings (SSSR count). The highest BCUT2D eigenvalue weighted by Gasteiger charge is 2.15. The number of amides is 1. The second-order valence-corrected chi connectivity index (χ2v) is 6.22. The number of nitrogens with one attached hydrogen (secondary N) is 1. The van der Waals surface area contributed by atoms with Gasteiger partial charge in [0, 0.05) is 18.7 Å². The SMILES string of the molecule is CN(C)Cc1cccc(NC(=O)CC(C)(C)C)c1. The van der Waals surface area contributed by atoms with E-state index >= 15 is 0 Å². The van der Waals surface area contributed by atoms with Crippen molar-refractivity contribution in [3.05, 3.63) is 29.8 Å². The van der Waals surface area contributed by atoms with E-state index in [0.717, 1.165) is 12.2 Å². The van der Waals surface area contributed by atoms with Crippen LogP contribution in [0.3, 0.4) is 0 Å². The van der Waals surface area contributed by atoms with Gasteiger partial charge in [-0.15, -0.1) is 0 Å². The van der Waals surface area contributed by atoms with E-state index in [9.17, 15) is 4.79 Å². The summed E-state index contributed by atoms with van der Waals surface area (Å²) < 4.78 is 0. The Morgan fingerprint density at radius 3 is 2.50 bits per heavy atom. The molecule has 0 saturated heterocycles. The maximum Gasteiger partial charge on any atom is 0.224 e. The zero-order chi connectivity index (χ0) is 13.8. The Morgan fingerprint density at radius 2 is 1.94 bits per heavy atom. The van der Waals surface area contributed by atoms with Crippen LogP contribution in [0.2, 0.25) is 0 Å². The molecule has 0 fully saturated rings. The predicted octanol–water partition coefficient (Wildman–Crippen LogP) is 3.12. The molecule has 3 nitrogen and oxygen atoms in total. The number of hydrogen-bond donors (Lipinski definition) is 1. The van der Waals surface area contributed by atoms with Gasteiger partial charge >= 0.3 is 0 Å². The molecule has 1 aromatic rings. The third-order valence-corrected chi connectivity index (χ3v) is 2.40. The van der Waals surface area contributed by atoms with Crippen molar-refractivity contribution in [1.29, 1.82) is 0 Å². The molecule has 0 unspecified atom stereocenters. The first-order valence-electron chi connectivity index (χ1n) is 6.30. The van der Waals surface area contributed by atoms with Gasteiger partial charge in [-0.05, 0) is 37.2 Å². The van der Waals surface area contributed by atoms with E-state index in [1.54, 1.807) is 0 Å². The molecule has 18 heavy (non-hydrogen) atoms. The fourth-order valence-corrected chi connectivity index (χ4v) is 1.80. The molecule has 0 saturated carbocycles. The molecule has 0 atom stereocenters. The first-order chi connectivity index (χ1) is 8.26. The number of hydrogen-bond acceptors (Lipinski definition) is 2. The molecule has 0 aliphatic carbocycles. The highest BCUT2D eigenvalue weighted by molar-refractivity contribution is 5.91. The van der Waals surface area contributed by atoms with Crippen LogP contribution in [-0.4, -0.2) is 24.9 Å². The van der Waals surface area contributed by atoms with Gasteiger partial charge in [-0.1, -0.05) is 32.9 Å². The standard InChI is InChI=1S/C15H24N2O/c1-15(2,3)10-14(18)16-13-8-6-7-12(9-13)11-17(4)5/h6-9H,10-11H2,1-5H3,(H,16,18). The van der Waals surface area contributed by atoms with Gasteiger partial charge in [0.25, 0.3) is 0 Å². The predicted molar refractivity (Wildman–Crippen MR) is 76.5 cm³/mol. The van der Waals surface area contributed by atoms with E-state index in [1.807, 2.05) is 32.3 Å². The van der Waals surface area contributed by atoms with Crippen LogP contribution in [0.15, 0.2) is 24.3 Å². The molecular formula is C15H24N2O. The zero-order valence-corrected chi connectivity index (χ0v) is 12.1. The Labute approximate surface area is 110 Å². The number of nitrogens with zero attached hydrogens (tertiary/aromatic N) is 1. The molecule has 0 aliphatic heterocycles. The number of carbonyl (C=O) groups is 1. The van der Waals surface area contributed by atoms with Crippen LogP contribution in [0.25, 0.3) is 0 Å². The highest BCUT2D eigenvalue weighted by atomic mass is 16.1. The van der Waals surface area contributed by atoms with Crippen molar-refractivity contribution in [2.75, 3.05) is 19.4 Å². The van der Waals surface area contributed by atoms with E-state index in [2.05, 4.69) is 37.1 Å². The van der Waals surface area contributed by atoms with Crippen molar-refractivity contribution in [2.24, 2.45) is 5.41 Å². The summed E-state index contributed by atoms with van der Waals surface area (Å²) in [6, 6.07) is 8.01. The van der Waals surface area contributed by atoms with Crippen LogP contribution in [0.4, 0.5) is 5.69 Å². The van der Waals surface area contributed by atoms with Crippen LogP contribution in [-0.2, 0) is 11.3 Å². The number of rotatable bonds is 4. The van der Waals surface area contributed by atoms with Crippen LogP contribution < -0.4 is 5.32 Å². The average molecular weight is 248 g/mol. The van der Waals surface area contributed by atoms with E-state index < -0.39 is 0 Å². The topological polar surface area (TPSA) is 32.3 Å². The van der Waals surface area contributed by atoms with Gasteiger partial charge < -0.3 is 10.2 Å². The lowest BCUT2D eigenvalue weighted by atomic mass is 9.92. The first kappa shape index (κ1) is 14.7. The van der Waals surface area contributed by atoms with Crippen molar-refractivity contribution in [2.45, 2.75) is 33.7 Å². The molecule has 1 N–H and O–H groups in total. The highest BCUT2D eigenvalue weighted by Crippen LogP contribution is 2.20. The fraction of sp³-hybridized carbons (Fsp3) is 0.533. The summed E-state index contributed by atoms with van der Waals surface area (Å²) in [5.41, 5.74) is 2.10. The fourth-order valence-electron chi connectivity index (χ4n) is 1.80. The van der Waals surface area contributed by atoms with Crippen molar-refractivity contribution in [3.8, 4) is 0 Å². The smallest absolute Gasteiger partial charge is 0.224 e. The molecule has 1 aromatic carbocycles. The second-order valence-electron chi connectivity index (χ2n) is 6.22. The molecule has 0 aliphatic rings. The molecule has 0 radical (unpaired) electrons. The van der Waals surface area contributed by atoms with Crippen LogP contribution in [0, 0.1) is 5.41 Å². The Bertz CT molecular complexity index is 405. The second kappa shape index (κ2) is 6.01. The van der Waals surface area contributed by atoms with Crippen molar-refractivity contribution in [1.82, 2.24) is 4.90 Å². The van der Waals surface area contributed by atoms with E-state index in [-0.39, 0.29) is 11.3 Å². The largest absolute Gasteiger partial charge is 0.326 e. The number of carbonyl (C=O) groups excluding carboxylic acids is 1. The summed E-state index contributed by atoms with van der Waals surface area (Å²) in [7, 11) is 4.07. The van der Waals surface area contributed by atoms with E-state index in [4.69, 9.17) is 0 Å². The molecule has 0 spiro atoms. The van der Waals surface area contributed by atoms with Gasteiger partial charge in [0.05, 0.1) is 0 Å². The molecule has 1 amide bonds. The van der Waals surface area contributed by atoms with E-state index in [0.29, 0.717) is 6.42 Å². The lowest BCUT2D eigenvalue weighted by Crippen LogP contribution is -2.19. The van der Waals surface area contributed by atoms with Gasteiger partial charge in [-0.25, -0.2) is 0 Å². The maximum absolute atomic E-state index is 11.8. The van der Waals surface area contributed by atoms with Gasteiger partial charge in [-0.3, -0.25) is 4.79 Å². The minimum atomic E-state index is 0.0192. The summed E-state index contributed by atoms with van der Waals surface area (Å²) in [6.45, 7) is 7.07. The summed E-state index contributed by atoms with van der Waals surface area (Å²) in [5.74, 6) is 0.0736. The van der Waals surface area contributed by atoms with Gasteiger partial charge in [-0.2, -0.15) is 0 Å². The normalized spacial score (nSPS) is 11.7. The van der Waals surface area contributed by atoms with Crippen molar-refractivity contribution >= 4 is 11.6 Å². The van der Waals surface area contributed by atoms with Crippen LogP contribution >= 0.6 is 0 Å². The van der Waals surface area contributed by atoms with Crippen LogP contribution in [0.5, 0.6) is 0 Å². The summed E-state index contributed by atoms with van der Waals surface area (Å²) in [6.07, 6.45) is 0.533. The summed E-state index contributed by atoms with van der Waals surface area (Å²) in [4.78, 5) is 13.9. The first-order valence-corrected chi connectivity index (χ1v) is 6.30. The van der Waals surface area contributed by atoms with Gasteiger partial charge in [0.1, 0.15) is 0 Å². The molecule has 0 aromatic heterocycles. The molecular weight excluding hydrogens is 224 g/mol. The summed E-state index contributed by atoms with van der Waals surface area (Å²) in [5, 5.41) is 2.95. The Hall–Kier alpha value is -1.35. The Kier molecular flexibility index (Phi) is 4.91. The summed E-state index contributed by atoms with van der Waals surface area (Å²) >= 11 is 0. The molecule has 3 heteroatoms. The lowest BCUT2D eigenvalue weighted by Gasteiger charge is -2.17. The Balaban J connectivity index is 2.65. The van der Waals surface area contributed by atoms with Crippen LogP contribution in [0.1, 0.15) is 32.8 Å². The lowest BCUT2D eigenvalue weighted by molar-refractivity contribution is -0.117. The van der Waals surface area contributed by atoms with Crippen molar-refractivity contribution < 1.29 is 4.79 Å². The minimum Gasteiger partial charge on any atom is -0.326 e. The minimum absolute atomic E-state index is 0.0192. The zero-order valence-electron chi connectivity index (χ0n) is 12.1. The molecule has 100 valence electrons. The van der Waals surface area contributed by atoms with Gasteiger partial charge in [0.2, 0.25) is 5.91 Å². The van der Waals surface area contributed by atoms with E-state index in [1.165, 1.54) is 5.56 Å².